The highest BCUT2D eigenvalue weighted by molar-refractivity contribution is 8.01. The molecule has 1 saturated carbocycles. The molecule has 3 aromatic rings. The van der Waals surface area contributed by atoms with Crippen LogP contribution in [0.25, 0.3) is 0 Å². The van der Waals surface area contributed by atoms with Gasteiger partial charge >= 0.3 is 0 Å². The van der Waals surface area contributed by atoms with Gasteiger partial charge in [-0.3, -0.25) is 4.79 Å². The number of amides is 1. The summed E-state index contributed by atoms with van der Waals surface area (Å²) in [5.41, 5.74) is 1.99. The number of hydrogen-bond donors (Lipinski definition) is 1. The fraction of sp³-hybridized carbons (Fsp3) is 0.286. The standard InChI is InChI=1S/C21H19N3O3S/c25-20(18-11-14-3-1-2-4-17(14)28-18)22-15-7-9-16(10-8-15)26-12-19-23-21(27-24-19)13-5-6-13/h1-4,7-10,13,18H,5-6,11-12H2,(H,22,25)/t18-/m0/s1. The molecule has 1 aliphatic heterocycles. The topological polar surface area (TPSA) is 77.2 Å². The summed E-state index contributed by atoms with van der Waals surface area (Å²) in [6, 6.07) is 15.5. The third-order valence-electron chi connectivity index (χ3n) is 4.84. The monoisotopic (exact) mass is 393 g/mol. The quantitative estimate of drug-likeness (QED) is 0.677. The molecule has 1 aromatic heterocycles. The van der Waals surface area contributed by atoms with Crippen molar-refractivity contribution in [1.29, 1.82) is 0 Å². The van der Waals surface area contributed by atoms with E-state index in [1.54, 1.807) is 11.8 Å². The number of thioether (sulfide) groups is 1. The number of nitrogens with zero attached hydrogens (tertiary/aromatic N) is 2. The van der Waals surface area contributed by atoms with Crippen LogP contribution in [0.2, 0.25) is 0 Å². The third kappa shape index (κ3) is 3.75. The number of rotatable bonds is 6. The van der Waals surface area contributed by atoms with Crippen LogP contribution >= 0.6 is 11.8 Å². The number of aromatic nitrogens is 2. The van der Waals surface area contributed by atoms with Crippen molar-refractivity contribution in [2.24, 2.45) is 0 Å². The van der Waals surface area contributed by atoms with Crippen LogP contribution in [-0.4, -0.2) is 21.3 Å². The molecule has 7 heteroatoms. The molecule has 2 aliphatic rings. The maximum atomic E-state index is 12.6. The number of hydrogen-bond acceptors (Lipinski definition) is 6. The normalized spacial score (nSPS) is 17.9. The number of carbonyl (C=O) groups is 1. The average Bonchev–Trinajstić information content (AvgIpc) is 3.30. The summed E-state index contributed by atoms with van der Waals surface area (Å²) >= 11 is 1.62. The van der Waals surface area contributed by atoms with E-state index in [2.05, 4.69) is 27.6 Å². The Morgan fingerprint density at radius 2 is 2.00 bits per heavy atom. The van der Waals surface area contributed by atoms with E-state index in [0.29, 0.717) is 23.4 Å². The third-order valence-corrected chi connectivity index (χ3v) is 6.16. The molecule has 28 heavy (non-hydrogen) atoms. The van der Waals surface area contributed by atoms with Gasteiger partial charge in [0.05, 0.1) is 5.25 Å². The first-order valence-electron chi connectivity index (χ1n) is 9.35. The van der Waals surface area contributed by atoms with Gasteiger partial charge < -0.3 is 14.6 Å². The molecule has 2 aromatic carbocycles. The first kappa shape index (κ1) is 17.3. The number of benzene rings is 2. The lowest BCUT2D eigenvalue weighted by Gasteiger charge is -2.10. The number of nitrogens with one attached hydrogen (secondary N) is 1. The van der Waals surface area contributed by atoms with Crippen LogP contribution in [0.3, 0.4) is 0 Å². The van der Waals surface area contributed by atoms with E-state index in [4.69, 9.17) is 9.26 Å². The van der Waals surface area contributed by atoms with E-state index >= 15 is 0 Å². The van der Waals surface area contributed by atoms with E-state index in [1.807, 2.05) is 36.4 Å². The lowest BCUT2D eigenvalue weighted by atomic mass is 10.1. The van der Waals surface area contributed by atoms with Gasteiger partial charge in [0, 0.05) is 16.5 Å². The van der Waals surface area contributed by atoms with Gasteiger partial charge in [-0.2, -0.15) is 4.98 Å². The van der Waals surface area contributed by atoms with Gasteiger partial charge in [0.15, 0.2) is 6.61 Å². The Labute approximate surface area is 166 Å². The summed E-state index contributed by atoms with van der Waals surface area (Å²) in [5.74, 6) is 2.42. The molecule has 1 fully saturated rings. The van der Waals surface area contributed by atoms with Crippen LogP contribution < -0.4 is 10.1 Å². The Bertz CT molecular complexity index is 973. The van der Waals surface area contributed by atoms with E-state index < -0.39 is 0 Å². The van der Waals surface area contributed by atoms with E-state index in [0.717, 1.165) is 24.9 Å². The van der Waals surface area contributed by atoms with Gasteiger partial charge in [-0.25, -0.2) is 0 Å². The summed E-state index contributed by atoms with van der Waals surface area (Å²) in [7, 11) is 0. The molecule has 0 radical (unpaired) electrons. The first-order valence-corrected chi connectivity index (χ1v) is 10.2. The molecule has 2 heterocycles. The zero-order chi connectivity index (χ0) is 18.9. The maximum Gasteiger partial charge on any atom is 0.238 e. The Morgan fingerprint density at radius 1 is 1.18 bits per heavy atom. The molecular weight excluding hydrogens is 374 g/mol. The molecule has 0 bridgehead atoms. The smallest absolute Gasteiger partial charge is 0.238 e. The Kier molecular flexibility index (Phi) is 4.52. The van der Waals surface area contributed by atoms with E-state index in [-0.39, 0.29) is 17.8 Å². The molecule has 0 spiro atoms. The number of anilines is 1. The van der Waals surface area contributed by atoms with Crippen LogP contribution in [0.5, 0.6) is 5.75 Å². The van der Waals surface area contributed by atoms with Crippen molar-refractivity contribution in [3.8, 4) is 5.75 Å². The number of ether oxygens (including phenoxy) is 1. The average molecular weight is 393 g/mol. The Morgan fingerprint density at radius 3 is 2.79 bits per heavy atom. The molecule has 1 atom stereocenters. The van der Waals surface area contributed by atoms with Crippen molar-refractivity contribution in [2.75, 3.05) is 5.32 Å². The minimum atomic E-state index is -0.0905. The van der Waals surface area contributed by atoms with Gasteiger partial charge in [-0.05, 0) is 55.2 Å². The summed E-state index contributed by atoms with van der Waals surface area (Å²) in [5, 5.41) is 6.84. The van der Waals surface area contributed by atoms with Crippen molar-refractivity contribution >= 4 is 23.4 Å². The molecule has 1 aliphatic carbocycles. The van der Waals surface area contributed by atoms with Gasteiger partial charge in [-0.1, -0.05) is 23.4 Å². The predicted octanol–water partition coefficient (Wildman–Crippen LogP) is 4.18. The second-order valence-corrected chi connectivity index (χ2v) is 8.29. The lowest BCUT2D eigenvalue weighted by Crippen LogP contribution is -2.24. The molecule has 142 valence electrons. The van der Waals surface area contributed by atoms with Crippen molar-refractivity contribution in [1.82, 2.24) is 10.1 Å². The summed E-state index contributed by atoms with van der Waals surface area (Å²) in [4.78, 5) is 18.1. The van der Waals surface area contributed by atoms with E-state index in [1.165, 1.54) is 10.5 Å². The van der Waals surface area contributed by atoms with Gasteiger partial charge in [0.2, 0.25) is 17.6 Å². The highest BCUT2D eigenvalue weighted by atomic mass is 32.2. The highest BCUT2D eigenvalue weighted by Crippen LogP contribution is 2.39. The minimum absolute atomic E-state index is 0.0225. The zero-order valence-electron chi connectivity index (χ0n) is 15.1. The zero-order valence-corrected chi connectivity index (χ0v) is 15.9. The number of carbonyl (C=O) groups excluding carboxylic acids is 1. The highest BCUT2D eigenvalue weighted by Gasteiger charge is 2.30. The van der Waals surface area contributed by atoms with Crippen LogP contribution in [-0.2, 0) is 17.8 Å². The number of fused-ring (bicyclic) bond motifs is 1. The summed E-state index contributed by atoms with van der Waals surface area (Å²) in [6.45, 7) is 0.263. The predicted molar refractivity (Wildman–Crippen MR) is 105 cm³/mol. The Balaban J connectivity index is 1.14. The second-order valence-electron chi connectivity index (χ2n) is 7.04. The summed E-state index contributed by atoms with van der Waals surface area (Å²) < 4.78 is 10.9. The van der Waals surface area contributed by atoms with Crippen molar-refractivity contribution in [3.05, 3.63) is 65.8 Å². The molecule has 0 saturated heterocycles. The van der Waals surface area contributed by atoms with Crippen molar-refractivity contribution in [2.45, 2.75) is 41.9 Å². The van der Waals surface area contributed by atoms with Crippen LogP contribution in [0, 0.1) is 0 Å². The molecule has 1 amide bonds. The van der Waals surface area contributed by atoms with Crippen LogP contribution in [0.4, 0.5) is 5.69 Å². The molecule has 6 nitrogen and oxygen atoms in total. The fourth-order valence-electron chi connectivity index (χ4n) is 3.16. The van der Waals surface area contributed by atoms with E-state index in [9.17, 15) is 4.79 Å². The van der Waals surface area contributed by atoms with Crippen LogP contribution in [0.1, 0.15) is 36.0 Å². The van der Waals surface area contributed by atoms with Crippen molar-refractivity contribution < 1.29 is 14.1 Å². The second kappa shape index (κ2) is 7.31. The molecule has 0 unspecified atom stereocenters. The summed E-state index contributed by atoms with van der Waals surface area (Å²) in [6.07, 6.45) is 3.02. The Hall–Kier alpha value is -2.80. The lowest BCUT2D eigenvalue weighted by molar-refractivity contribution is -0.115. The largest absolute Gasteiger partial charge is 0.485 e. The molecule has 1 N–H and O–H groups in total. The van der Waals surface area contributed by atoms with Crippen molar-refractivity contribution in [3.63, 3.8) is 0 Å². The first-order chi connectivity index (χ1) is 13.7. The molecule has 5 rings (SSSR count). The van der Waals surface area contributed by atoms with Gasteiger partial charge in [-0.15, -0.1) is 11.8 Å². The maximum absolute atomic E-state index is 12.6. The van der Waals surface area contributed by atoms with Crippen LogP contribution in [0.15, 0.2) is 57.9 Å². The van der Waals surface area contributed by atoms with Gasteiger partial charge in [0.25, 0.3) is 0 Å². The molecular formula is C21H19N3O3S. The SMILES string of the molecule is O=C(Nc1ccc(OCc2noc(C3CC3)n2)cc1)[C@@H]1Cc2ccccc2S1. The minimum Gasteiger partial charge on any atom is -0.485 e. The fourth-order valence-corrected chi connectivity index (χ4v) is 4.35. The van der Waals surface area contributed by atoms with Gasteiger partial charge in [0.1, 0.15) is 5.75 Å².